The summed E-state index contributed by atoms with van der Waals surface area (Å²) in [7, 11) is 0. The van der Waals surface area contributed by atoms with E-state index in [0.717, 1.165) is 43.2 Å². The molecule has 0 saturated heterocycles. The Kier molecular flexibility index (Phi) is 6.12. The molecule has 4 rings (SSSR count). The number of benzene rings is 2. The second-order valence-electron chi connectivity index (χ2n) is 9.34. The van der Waals surface area contributed by atoms with Crippen molar-refractivity contribution in [1.29, 1.82) is 0 Å². The van der Waals surface area contributed by atoms with Crippen LogP contribution in [0.25, 0.3) is 0 Å². The Bertz CT molecular complexity index is 948. The van der Waals surface area contributed by atoms with Crippen molar-refractivity contribution >= 4 is 11.8 Å². The molecular weight excluding hydrogens is 391 g/mol. The number of carbonyl (C=O) groups excluding carboxylic acids is 2. The Balaban J connectivity index is 1.72. The van der Waals surface area contributed by atoms with Crippen LogP contribution in [-0.2, 0) is 11.3 Å². The minimum Gasteiger partial charge on any atom is -0.351 e. The van der Waals surface area contributed by atoms with E-state index < -0.39 is 11.5 Å². The van der Waals surface area contributed by atoms with Gasteiger partial charge < -0.3 is 10.2 Å². The van der Waals surface area contributed by atoms with Crippen LogP contribution in [0.5, 0.6) is 0 Å². The predicted octanol–water partition coefficient (Wildman–Crippen LogP) is 5.04. The lowest BCUT2D eigenvalue weighted by atomic mass is 9.65. The highest BCUT2D eigenvalue weighted by Crippen LogP contribution is 2.49. The Morgan fingerprint density at radius 1 is 1.10 bits per heavy atom. The van der Waals surface area contributed by atoms with Gasteiger partial charge in [-0.15, -0.1) is 0 Å². The number of carbonyl (C=O) groups is 2. The van der Waals surface area contributed by atoms with Crippen molar-refractivity contribution in [3.8, 4) is 0 Å². The lowest BCUT2D eigenvalue weighted by Crippen LogP contribution is -2.63. The molecule has 31 heavy (non-hydrogen) atoms. The van der Waals surface area contributed by atoms with Gasteiger partial charge in [-0.25, -0.2) is 4.39 Å². The van der Waals surface area contributed by atoms with Crippen molar-refractivity contribution in [2.24, 2.45) is 5.92 Å². The number of amides is 2. The number of hydrogen-bond acceptors (Lipinski definition) is 2. The SMILES string of the molecule is CC(C)CN1C(=O)c2ccccc2[C@@H](C(=O)NCc2ccc(F)cc2)C12CCCCC2. The van der Waals surface area contributed by atoms with Gasteiger partial charge in [0.2, 0.25) is 5.91 Å². The van der Waals surface area contributed by atoms with Gasteiger partial charge in [0.15, 0.2) is 0 Å². The maximum atomic E-state index is 13.7. The fourth-order valence-electron chi connectivity index (χ4n) is 5.37. The van der Waals surface area contributed by atoms with Crippen LogP contribution in [-0.4, -0.2) is 28.8 Å². The number of fused-ring (bicyclic) bond motifs is 1. The van der Waals surface area contributed by atoms with E-state index >= 15 is 0 Å². The summed E-state index contributed by atoms with van der Waals surface area (Å²) in [4.78, 5) is 29.3. The molecule has 164 valence electrons. The number of nitrogens with one attached hydrogen (secondary N) is 1. The Hall–Kier alpha value is -2.69. The molecule has 0 bridgehead atoms. The van der Waals surface area contributed by atoms with Gasteiger partial charge in [-0.1, -0.05) is 63.4 Å². The highest BCUT2D eigenvalue weighted by atomic mass is 19.1. The van der Waals surface area contributed by atoms with Crippen molar-refractivity contribution in [1.82, 2.24) is 10.2 Å². The standard InChI is InChI=1S/C26H31FN2O2/c1-18(2)17-29-25(31)22-9-5-4-8-21(22)23(26(29)14-6-3-7-15-26)24(30)28-16-19-10-12-20(27)13-11-19/h4-5,8-13,18,23H,3,6-7,14-17H2,1-2H3,(H,28,30)/t23-/m0/s1. The number of halogens is 1. The molecule has 2 aliphatic rings. The van der Waals surface area contributed by atoms with E-state index in [1.807, 2.05) is 29.2 Å². The lowest BCUT2D eigenvalue weighted by Gasteiger charge is -2.54. The zero-order valence-corrected chi connectivity index (χ0v) is 18.4. The minimum atomic E-state index is -0.485. The van der Waals surface area contributed by atoms with Crippen molar-refractivity contribution < 1.29 is 14.0 Å². The van der Waals surface area contributed by atoms with Crippen LogP contribution < -0.4 is 5.32 Å². The monoisotopic (exact) mass is 422 g/mol. The second kappa shape index (κ2) is 8.81. The van der Waals surface area contributed by atoms with E-state index in [1.54, 1.807) is 12.1 Å². The molecule has 1 spiro atoms. The molecule has 0 unspecified atom stereocenters. The first-order chi connectivity index (χ1) is 14.9. The first-order valence-corrected chi connectivity index (χ1v) is 11.4. The van der Waals surface area contributed by atoms with Gasteiger partial charge in [0.05, 0.1) is 11.5 Å². The zero-order chi connectivity index (χ0) is 22.0. The minimum absolute atomic E-state index is 0.0498. The van der Waals surface area contributed by atoms with Crippen LogP contribution in [0.3, 0.4) is 0 Å². The van der Waals surface area contributed by atoms with Crippen LogP contribution in [0.2, 0.25) is 0 Å². The zero-order valence-electron chi connectivity index (χ0n) is 18.4. The summed E-state index contributed by atoms with van der Waals surface area (Å²) in [6.07, 6.45) is 4.86. The van der Waals surface area contributed by atoms with Crippen LogP contribution in [0.1, 0.15) is 73.4 Å². The molecule has 1 atom stereocenters. The Labute approximate surface area is 183 Å². The maximum absolute atomic E-state index is 13.7. The molecule has 1 N–H and O–H groups in total. The average molecular weight is 423 g/mol. The van der Waals surface area contributed by atoms with Gasteiger partial charge in [-0.3, -0.25) is 9.59 Å². The van der Waals surface area contributed by atoms with Gasteiger partial charge in [0.1, 0.15) is 5.82 Å². The lowest BCUT2D eigenvalue weighted by molar-refractivity contribution is -0.127. The summed E-state index contributed by atoms with van der Waals surface area (Å²) in [6.45, 7) is 5.22. The third-order valence-corrected chi connectivity index (χ3v) is 6.73. The molecule has 5 heteroatoms. The molecule has 1 aliphatic heterocycles. The van der Waals surface area contributed by atoms with E-state index in [0.29, 0.717) is 24.6 Å². The third-order valence-electron chi connectivity index (χ3n) is 6.73. The molecule has 1 heterocycles. The van der Waals surface area contributed by atoms with Crippen molar-refractivity contribution in [2.75, 3.05) is 6.54 Å². The molecular formula is C26H31FN2O2. The van der Waals surface area contributed by atoms with Gasteiger partial charge in [-0.2, -0.15) is 0 Å². The summed E-state index contributed by atoms with van der Waals surface area (Å²) in [5, 5.41) is 3.09. The smallest absolute Gasteiger partial charge is 0.254 e. The average Bonchev–Trinajstić information content (AvgIpc) is 2.77. The summed E-state index contributed by atoms with van der Waals surface area (Å²) < 4.78 is 13.2. The second-order valence-corrected chi connectivity index (χ2v) is 9.34. The molecule has 2 aromatic rings. The van der Waals surface area contributed by atoms with Gasteiger partial charge in [-0.05, 0) is 48.1 Å². The first kappa shape index (κ1) is 21.5. The first-order valence-electron chi connectivity index (χ1n) is 11.4. The van der Waals surface area contributed by atoms with Gasteiger partial charge in [0.25, 0.3) is 5.91 Å². The summed E-state index contributed by atoms with van der Waals surface area (Å²) in [5.74, 6) is -0.383. The van der Waals surface area contributed by atoms with E-state index in [9.17, 15) is 14.0 Å². The molecule has 0 aromatic heterocycles. The molecule has 1 fully saturated rings. The number of nitrogens with zero attached hydrogens (tertiary/aromatic N) is 1. The van der Waals surface area contributed by atoms with E-state index in [2.05, 4.69) is 19.2 Å². The van der Waals surface area contributed by atoms with Gasteiger partial charge >= 0.3 is 0 Å². The van der Waals surface area contributed by atoms with Crippen molar-refractivity contribution in [3.63, 3.8) is 0 Å². The number of rotatable bonds is 5. The third kappa shape index (κ3) is 4.10. The van der Waals surface area contributed by atoms with E-state index in [-0.39, 0.29) is 17.6 Å². The maximum Gasteiger partial charge on any atom is 0.254 e. The predicted molar refractivity (Wildman–Crippen MR) is 119 cm³/mol. The molecule has 1 aliphatic carbocycles. The van der Waals surface area contributed by atoms with E-state index in [1.165, 1.54) is 12.1 Å². The highest BCUT2D eigenvalue weighted by molar-refractivity contribution is 6.02. The topological polar surface area (TPSA) is 49.4 Å². The Morgan fingerprint density at radius 3 is 2.45 bits per heavy atom. The van der Waals surface area contributed by atoms with Crippen LogP contribution >= 0.6 is 0 Å². The summed E-state index contributed by atoms with van der Waals surface area (Å²) in [6, 6.07) is 13.8. The molecule has 0 radical (unpaired) electrons. The molecule has 1 saturated carbocycles. The Morgan fingerprint density at radius 2 is 1.77 bits per heavy atom. The highest BCUT2D eigenvalue weighted by Gasteiger charge is 2.54. The van der Waals surface area contributed by atoms with Crippen molar-refractivity contribution in [2.45, 2.75) is 64.0 Å². The fourth-order valence-corrected chi connectivity index (χ4v) is 5.37. The quantitative estimate of drug-likeness (QED) is 0.734. The summed E-state index contributed by atoms with van der Waals surface area (Å²) in [5.41, 5.74) is 1.85. The molecule has 2 aromatic carbocycles. The molecule has 4 nitrogen and oxygen atoms in total. The normalized spacial score (nSPS) is 20.1. The number of hydrogen-bond donors (Lipinski definition) is 1. The van der Waals surface area contributed by atoms with Crippen LogP contribution in [0.4, 0.5) is 4.39 Å². The fraction of sp³-hybridized carbons (Fsp3) is 0.462. The summed E-state index contributed by atoms with van der Waals surface area (Å²) >= 11 is 0. The largest absolute Gasteiger partial charge is 0.351 e. The van der Waals surface area contributed by atoms with E-state index in [4.69, 9.17) is 0 Å². The van der Waals surface area contributed by atoms with Gasteiger partial charge in [0, 0.05) is 18.7 Å². The van der Waals surface area contributed by atoms with Crippen LogP contribution in [0.15, 0.2) is 48.5 Å². The van der Waals surface area contributed by atoms with Crippen molar-refractivity contribution in [3.05, 3.63) is 71.0 Å². The van der Waals surface area contributed by atoms with Crippen LogP contribution in [0, 0.1) is 11.7 Å². The molecule has 2 amide bonds.